The van der Waals surface area contributed by atoms with Crippen molar-refractivity contribution in [3.63, 3.8) is 0 Å². The lowest BCUT2D eigenvalue weighted by atomic mass is 10.1. The molecule has 1 aliphatic heterocycles. The van der Waals surface area contributed by atoms with Gasteiger partial charge in [-0.2, -0.15) is 5.10 Å². The highest BCUT2D eigenvalue weighted by atomic mass is 16.2. The number of rotatable bonds is 5. The molecule has 0 bridgehead atoms. The first kappa shape index (κ1) is 17.9. The molecule has 28 heavy (non-hydrogen) atoms. The summed E-state index contributed by atoms with van der Waals surface area (Å²) in [5, 5.41) is 10.3. The fourth-order valence-corrected chi connectivity index (χ4v) is 3.33. The van der Waals surface area contributed by atoms with E-state index in [4.69, 9.17) is 0 Å². The second kappa shape index (κ2) is 7.64. The van der Waals surface area contributed by atoms with Gasteiger partial charge in [0.2, 0.25) is 0 Å². The van der Waals surface area contributed by atoms with E-state index < -0.39 is 0 Å². The number of pyridine rings is 1. The molecule has 0 radical (unpaired) electrons. The van der Waals surface area contributed by atoms with Crippen LogP contribution in [0.3, 0.4) is 0 Å². The first-order valence-corrected chi connectivity index (χ1v) is 9.20. The number of nitrogens with one attached hydrogen (secondary N) is 2. The van der Waals surface area contributed by atoms with E-state index in [0.717, 1.165) is 16.8 Å². The molecule has 2 N–H and O–H groups in total. The molecule has 2 aromatic heterocycles. The summed E-state index contributed by atoms with van der Waals surface area (Å²) < 4.78 is 1.79. The Kier molecular flexibility index (Phi) is 4.89. The monoisotopic (exact) mass is 375 g/mol. The van der Waals surface area contributed by atoms with E-state index in [1.54, 1.807) is 23.1 Å². The Morgan fingerprint density at radius 1 is 1.14 bits per heavy atom. The van der Waals surface area contributed by atoms with Crippen molar-refractivity contribution in [2.75, 3.05) is 0 Å². The average Bonchev–Trinajstić information content (AvgIpc) is 3.25. The number of hydrogen-bond acceptors (Lipinski definition) is 4. The van der Waals surface area contributed by atoms with Crippen molar-refractivity contribution in [1.82, 2.24) is 25.4 Å². The van der Waals surface area contributed by atoms with Gasteiger partial charge in [-0.15, -0.1) is 0 Å². The van der Waals surface area contributed by atoms with Gasteiger partial charge in [-0.3, -0.25) is 19.3 Å². The number of fused-ring (bicyclic) bond motifs is 1. The van der Waals surface area contributed by atoms with Crippen LogP contribution in [-0.2, 0) is 19.5 Å². The maximum Gasteiger partial charge on any atom is 0.272 e. The third kappa shape index (κ3) is 3.93. The van der Waals surface area contributed by atoms with Gasteiger partial charge in [-0.05, 0) is 30.2 Å². The van der Waals surface area contributed by atoms with Crippen molar-refractivity contribution in [2.45, 2.75) is 32.5 Å². The predicted octanol–water partition coefficient (Wildman–Crippen LogP) is 1.87. The van der Waals surface area contributed by atoms with Gasteiger partial charge < -0.3 is 10.6 Å². The number of nitrogens with zero attached hydrogens (tertiary/aromatic N) is 3. The van der Waals surface area contributed by atoms with Crippen molar-refractivity contribution in [3.8, 4) is 0 Å². The Bertz CT molecular complexity index is 989. The minimum Gasteiger partial charge on any atom is -0.347 e. The smallest absolute Gasteiger partial charge is 0.272 e. The lowest BCUT2D eigenvalue weighted by molar-refractivity contribution is 0.0927. The summed E-state index contributed by atoms with van der Waals surface area (Å²) in [6, 6.07) is 13.3. The highest BCUT2D eigenvalue weighted by Gasteiger charge is 2.26. The van der Waals surface area contributed by atoms with E-state index in [9.17, 15) is 9.59 Å². The Balaban J connectivity index is 1.33. The minimum absolute atomic E-state index is 0.0445. The van der Waals surface area contributed by atoms with Crippen LogP contribution in [0.15, 0.2) is 54.9 Å². The lowest BCUT2D eigenvalue weighted by Gasteiger charge is -2.12. The normalized spacial score (nSPS) is 15.1. The van der Waals surface area contributed by atoms with Crippen LogP contribution in [0.2, 0.25) is 0 Å². The van der Waals surface area contributed by atoms with Crippen molar-refractivity contribution in [1.29, 1.82) is 0 Å². The van der Waals surface area contributed by atoms with Gasteiger partial charge in [0.15, 0.2) is 0 Å². The second-order valence-corrected chi connectivity index (χ2v) is 7.00. The van der Waals surface area contributed by atoms with Gasteiger partial charge in [-0.1, -0.05) is 30.3 Å². The first-order valence-electron chi connectivity index (χ1n) is 9.20. The molecular weight excluding hydrogens is 354 g/mol. The lowest BCUT2D eigenvalue weighted by Crippen LogP contribution is -2.36. The summed E-state index contributed by atoms with van der Waals surface area (Å²) >= 11 is 0. The second-order valence-electron chi connectivity index (χ2n) is 7.00. The molecule has 0 saturated heterocycles. The first-order chi connectivity index (χ1) is 13.6. The molecule has 1 unspecified atom stereocenters. The molecule has 3 heterocycles. The van der Waals surface area contributed by atoms with E-state index in [1.807, 2.05) is 43.3 Å². The predicted molar refractivity (Wildman–Crippen MR) is 104 cm³/mol. The molecular formula is C21H21N5O2. The van der Waals surface area contributed by atoms with Crippen LogP contribution in [0.25, 0.3) is 0 Å². The number of carbonyl (C=O) groups is 2. The average molecular weight is 375 g/mol. The number of aryl methyl sites for hydroxylation is 1. The Labute approximate surface area is 162 Å². The topological polar surface area (TPSA) is 88.9 Å². The van der Waals surface area contributed by atoms with Gasteiger partial charge >= 0.3 is 0 Å². The number of aromatic nitrogens is 3. The van der Waals surface area contributed by atoms with E-state index in [1.165, 1.54) is 0 Å². The summed E-state index contributed by atoms with van der Waals surface area (Å²) in [5.74, 6) is -0.343. The van der Waals surface area contributed by atoms with Crippen molar-refractivity contribution in [3.05, 3.63) is 82.9 Å². The Hall–Kier alpha value is -3.48. The SMILES string of the molecule is Cc1cncc(C(=O)NC2Cc3cc(C(=O)NCc4ccccc4)nn3C2)c1. The van der Waals surface area contributed by atoms with Gasteiger partial charge in [0.1, 0.15) is 5.69 Å². The maximum atomic E-state index is 12.4. The summed E-state index contributed by atoms with van der Waals surface area (Å²) in [4.78, 5) is 28.8. The summed E-state index contributed by atoms with van der Waals surface area (Å²) in [6.07, 6.45) is 3.92. The van der Waals surface area contributed by atoms with Crippen LogP contribution in [0.1, 0.15) is 37.7 Å². The number of hydrogen-bond donors (Lipinski definition) is 2. The van der Waals surface area contributed by atoms with E-state index >= 15 is 0 Å². The summed E-state index contributed by atoms with van der Waals surface area (Å²) in [6.45, 7) is 2.91. The largest absolute Gasteiger partial charge is 0.347 e. The van der Waals surface area contributed by atoms with Crippen LogP contribution >= 0.6 is 0 Å². The molecule has 0 spiro atoms. The molecule has 0 fully saturated rings. The zero-order valence-corrected chi connectivity index (χ0v) is 15.6. The van der Waals surface area contributed by atoms with Crippen LogP contribution in [0.4, 0.5) is 0 Å². The van der Waals surface area contributed by atoms with Gasteiger partial charge in [0, 0.05) is 31.1 Å². The molecule has 2 amide bonds. The molecule has 1 aliphatic rings. The number of benzene rings is 1. The molecule has 7 nitrogen and oxygen atoms in total. The zero-order chi connectivity index (χ0) is 19.5. The standard InChI is InChI=1S/C21H21N5O2/c1-14-7-16(12-22-10-14)20(27)24-17-8-18-9-19(25-26(18)13-17)21(28)23-11-15-5-3-2-4-6-15/h2-7,9-10,12,17H,8,11,13H2,1H3,(H,23,28)(H,24,27). The molecule has 142 valence electrons. The molecule has 4 rings (SSSR count). The molecule has 1 aromatic carbocycles. The number of amides is 2. The summed E-state index contributed by atoms with van der Waals surface area (Å²) in [7, 11) is 0. The number of carbonyl (C=O) groups excluding carboxylic acids is 2. The van der Waals surface area contributed by atoms with Gasteiger partial charge in [0.05, 0.1) is 18.2 Å². The Morgan fingerprint density at radius 3 is 2.71 bits per heavy atom. The highest BCUT2D eigenvalue weighted by molar-refractivity contribution is 5.94. The Morgan fingerprint density at radius 2 is 1.96 bits per heavy atom. The van der Waals surface area contributed by atoms with E-state index in [-0.39, 0.29) is 17.9 Å². The summed E-state index contributed by atoms with van der Waals surface area (Å²) in [5.41, 5.74) is 3.87. The van der Waals surface area contributed by atoms with Gasteiger partial charge in [-0.25, -0.2) is 0 Å². The van der Waals surface area contributed by atoms with Crippen molar-refractivity contribution >= 4 is 11.8 Å². The van der Waals surface area contributed by atoms with Crippen LogP contribution in [-0.4, -0.2) is 32.6 Å². The molecule has 0 saturated carbocycles. The van der Waals surface area contributed by atoms with Crippen molar-refractivity contribution < 1.29 is 9.59 Å². The molecule has 3 aromatic rings. The van der Waals surface area contributed by atoms with Crippen LogP contribution in [0, 0.1) is 6.92 Å². The third-order valence-corrected chi connectivity index (χ3v) is 4.71. The third-order valence-electron chi connectivity index (χ3n) is 4.71. The fraction of sp³-hybridized carbons (Fsp3) is 0.238. The van der Waals surface area contributed by atoms with E-state index in [0.29, 0.717) is 30.8 Å². The van der Waals surface area contributed by atoms with E-state index in [2.05, 4.69) is 20.7 Å². The molecule has 7 heteroatoms. The highest BCUT2D eigenvalue weighted by Crippen LogP contribution is 2.17. The minimum atomic E-state index is -0.197. The fourth-order valence-electron chi connectivity index (χ4n) is 3.33. The maximum absolute atomic E-state index is 12.4. The molecule has 1 atom stereocenters. The zero-order valence-electron chi connectivity index (χ0n) is 15.6. The molecule has 0 aliphatic carbocycles. The van der Waals surface area contributed by atoms with Crippen LogP contribution < -0.4 is 10.6 Å². The van der Waals surface area contributed by atoms with Crippen molar-refractivity contribution in [2.24, 2.45) is 0 Å². The van der Waals surface area contributed by atoms with Gasteiger partial charge in [0.25, 0.3) is 11.8 Å². The quantitative estimate of drug-likeness (QED) is 0.713. The van der Waals surface area contributed by atoms with Crippen LogP contribution in [0.5, 0.6) is 0 Å².